The molecule has 0 saturated heterocycles. The Kier molecular flexibility index (Phi) is 6.84. The molecular weight excluding hydrogens is 466 g/mol. The van der Waals surface area contributed by atoms with Crippen molar-refractivity contribution in [3.05, 3.63) is 93.8 Å². The van der Waals surface area contributed by atoms with Crippen LogP contribution in [-0.4, -0.2) is 29.7 Å². The minimum atomic E-state index is -3.69. The van der Waals surface area contributed by atoms with Crippen molar-refractivity contribution in [2.45, 2.75) is 32.2 Å². The zero-order valence-electron chi connectivity index (χ0n) is 19.6. The van der Waals surface area contributed by atoms with Crippen molar-refractivity contribution in [2.75, 3.05) is 6.54 Å². The van der Waals surface area contributed by atoms with Crippen LogP contribution >= 0.6 is 11.3 Å². The van der Waals surface area contributed by atoms with Crippen molar-refractivity contribution < 1.29 is 13.2 Å². The van der Waals surface area contributed by atoms with Gasteiger partial charge in [0.05, 0.1) is 15.1 Å². The number of aryl methyl sites for hydroxylation is 3. The number of benzene rings is 3. The van der Waals surface area contributed by atoms with Gasteiger partial charge >= 0.3 is 0 Å². The molecule has 6 nitrogen and oxygen atoms in total. The molecule has 0 spiro atoms. The molecule has 0 atom stereocenters. The number of nitrogens with zero attached hydrogens (tertiary/aromatic N) is 3. The summed E-state index contributed by atoms with van der Waals surface area (Å²) in [7, 11) is -1.80. The van der Waals surface area contributed by atoms with Gasteiger partial charge in [-0.05, 0) is 60.9 Å². The van der Waals surface area contributed by atoms with Crippen LogP contribution in [0.15, 0.2) is 76.6 Å². The number of amides is 1. The van der Waals surface area contributed by atoms with E-state index in [2.05, 4.69) is 17.1 Å². The topological polar surface area (TPSA) is 71.7 Å². The lowest BCUT2D eigenvalue weighted by Gasteiger charge is -2.20. The Morgan fingerprint density at radius 2 is 1.71 bits per heavy atom. The van der Waals surface area contributed by atoms with E-state index in [1.807, 2.05) is 62.7 Å². The highest BCUT2D eigenvalue weighted by Crippen LogP contribution is 2.23. The molecule has 8 heteroatoms. The van der Waals surface area contributed by atoms with E-state index >= 15 is 0 Å². The fourth-order valence-corrected chi connectivity index (χ4v) is 6.64. The number of aromatic nitrogens is 1. The minimum absolute atomic E-state index is 0.153. The van der Waals surface area contributed by atoms with Crippen LogP contribution < -0.4 is 4.80 Å². The van der Waals surface area contributed by atoms with Crippen molar-refractivity contribution in [1.82, 2.24) is 8.87 Å². The quantitative estimate of drug-likeness (QED) is 0.387. The number of hydrogen-bond acceptors (Lipinski definition) is 4. The molecule has 0 aliphatic carbocycles. The smallest absolute Gasteiger partial charge is 0.279 e. The summed E-state index contributed by atoms with van der Waals surface area (Å²) in [5.74, 6) is -0.405. The Morgan fingerprint density at radius 1 is 1.03 bits per heavy atom. The Balaban J connectivity index is 1.61. The first-order valence-electron chi connectivity index (χ1n) is 11.0. The molecule has 1 amide bonds. The third-order valence-corrected chi connectivity index (χ3v) is 8.74. The lowest BCUT2D eigenvalue weighted by molar-refractivity contribution is 0.0998. The molecular formula is C26H27N3O3S2. The van der Waals surface area contributed by atoms with E-state index in [1.54, 1.807) is 0 Å². The van der Waals surface area contributed by atoms with Crippen LogP contribution in [0.3, 0.4) is 0 Å². The second-order valence-corrected chi connectivity index (χ2v) is 11.2. The first-order chi connectivity index (χ1) is 16.2. The Bertz CT molecular complexity index is 1520. The van der Waals surface area contributed by atoms with Gasteiger partial charge in [0.2, 0.25) is 10.0 Å². The number of thiazole rings is 1. The molecule has 34 heavy (non-hydrogen) atoms. The molecule has 0 N–H and O–H groups in total. The van der Waals surface area contributed by atoms with Gasteiger partial charge in [0, 0.05) is 25.7 Å². The summed E-state index contributed by atoms with van der Waals surface area (Å²) in [6.45, 7) is 6.53. The van der Waals surface area contributed by atoms with Crippen molar-refractivity contribution in [2.24, 2.45) is 12.0 Å². The van der Waals surface area contributed by atoms with E-state index in [0.29, 0.717) is 16.9 Å². The van der Waals surface area contributed by atoms with Gasteiger partial charge in [-0.3, -0.25) is 4.79 Å². The molecule has 0 saturated carbocycles. The minimum Gasteiger partial charge on any atom is -0.319 e. The first kappa shape index (κ1) is 24.1. The molecule has 1 heterocycles. The molecule has 0 aliphatic heterocycles. The lowest BCUT2D eigenvalue weighted by atomic mass is 10.1. The molecule has 0 radical (unpaired) electrons. The summed E-state index contributed by atoms with van der Waals surface area (Å²) in [5.41, 5.74) is 4.61. The maximum Gasteiger partial charge on any atom is 0.279 e. The van der Waals surface area contributed by atoms with Gasteiger partial charge < -0.3 is 4.57 Å². The number of sulfonamides is 1. The van der Waals surface area contributed by atoms with Crippen molar-refractivity contribution in [1.29, 1.82) is 0 Å². The van der Waals surface area contributed by atoms with Crippen LogP contribution in [0.25, 0.3) is 10.2 Å². The maximum absolute atomic E-state index is 13.2. The van der Waals surface area contributed by atoms with Crippen LogP contribution in [0.5, 0.6) is 0 Å². The summed E-state index contributed by atoms with van der Waals surface area (Å²) in [4.78, 5) is 17.9. The second-order valence-electron chi connectivity index (χ2n) is 8.23. The summed E-state index contributed by atoms with van der Waals surface area (Å²) in [6.07, 6.45) is 0. The van der Waals surface area contributed by atoms with Crippen LogP contribution in [0.4, 0.5) is 0 Å². The monoisotopic (exact) mass is 493 g/mol. The van der Waals surface area contributed by atoms with Gasteiger partial charge in [-0.25, -0.2) is 8.42 Å². The number of fused-ring (bicyclic) bond motifs is 1. The predicted molar refractivity (Wildman–Crippen MR) is 136 cm³/mol. The molecule has 176 valence electrons. The van der Waals surface area contributed by atoms with Gasteiger partial charge in [-0.15, -0.1) is 0 Å². The average molecular weight is 494 g/mol. The molecule has 3 aromatic carbocycles. The first-order valence-corrected chi connectivity index (χ1v) is 13.3. The molecule has 1 aromatic heterocycles. The van der Waals surface area contributed by atoms with Gasteiger partial charge in [0.15, 0.2) is 4.80 Å². The van der Waals surface area contributed by atoms with Crippen LogP contribution in [0.2, 0.25) is 0 Å². The van der Waals surface area contributed by atoms with Gasteiger partial charge in [-0.2, -0.15) is 9.30 Å². The highest BCUT2D eigenvalue weighted by Gasteiger charge is 2.23. The largest absolute Gasteiger partial charge is 0.319 e. The Labute approximate surface area is 203 Å². The van der Waals surface area contributed by atoms with E-state index in [0.717, 1.165) is 26.9 Å². The third kappa shape index (κ3) is 4.75. The van der Waals surface area contributed by atoms with E-state index in [-0.39, 0.29) is 11.4 Å². The normalized spacial score (nSPS) is 12.6. The fraction of sp³-hybridized carbons (Fsp3) is 0.231. The molecule has 4 aromatic rings. The molecule has 4 rings (SSSR count). The van der Waals surface area contributed by atoms with Crippen molar-refractivity contribution in [3.63, 3.8) is 0 Å². The third-order valence-electron chi connectivity index (χ3n) is 5.72. The average Bonchev–Trinajstić information content (AvgIpc) is 3.12. The zero-order valence-corrected chi connectivity index (χ0v) is 21.3. The maximum atomic E-state index is 13.2. The van der Waals surface area contributed by atoms with Crippen LogP contribution in [0.1, 0.15) is 34.0 Å². The van der Waals surface area contributed by atoms with Crippen LogP contribution in [0, 0.1) is 13.8 Å². The molecule has 0 unspecified atom stereocenters. The van der Waals surface area contributed by atoms with Gasteiger partial charge in [0.25, 0.3) is 5.91 Å². The van der Waals surface area contributed by atoms with E-state index in [4.69, 9.17) is 0 Å². The number of carbonyl (C=O) groups excluding carboxylic acids is 1. The molecule has 0 fully saturated rings. The summed E-state index contributed by atoms with van der Waals surface area (Å²) in [6, 6.07) is 19.7. The summed E-state index contributed by atoms with van der Waals surface area (Å²) < 4.78 is 30.7. The standard InChI is InChI=1S/C26H27N3O3S2/c1-5-29(17-20-9-7-6-8-10-20)34(31,32)22-13-11-21(12-14-22)25(30)27-26-28(4)24-19(3)15-18(2)16-23(24)33-26/h6-16H,5,17H2,1-4H3. The van der Waals surface area contributed by atoms with Crippen molar-refractivity contribution in [3.8, 4) is 0 Å². The summed E-state index contributed by atoms with van der Waals surface area (Å²) >= 11 is 1.46. The van der Waals surface area contributed by atoms with E-state index in [1.165, 1.54) is 39.9 Å². The Hall–Kier alpha value is -3.07. The highest BCUT2D eigenvalue weighted by molar-refractivity contribution is 7.89. The predicted octanol–water partition coefficient (Wildman–Crippen LogP) is 4.81. The van der Waals surface area contributed by atoms with Gasteiger partial charge in [-0.1, -0.05) is 54.7 Å². The van der Waals surface area contributed by atoms with Crippen molar-refractivity contribution >= 4 is 37.5 Å². The molecule has 0 bridgehead atoms. The Morgan fingerprint density at radius 3 is 2.35 bits per heavy atom. The fourth-order valence-electron chi connectivity index (χ4n) is 4.01. The number of hydrogen-bond donors (Lipinski definition) is 0. The molecule has 0 aliphatic rings. The number of carbonyl (C=O) groups is 1. The van der Waals surface area contributed by atoms with E-state index in [9.17, 15) is 13.2 Å². The highest BCUT2D eigenvalue weighted by atomic mass is 32.2. The van der Waals surface area contributed by atoms with Gasteiger partial charge in [0.1, 0.15) is 0 Å². The zero-order chi connectivity index (χ0) is 24.5. The number of rotatable bonds is 6. The van der Waals surface area contributed by atoms with Crippen LogP contribution in [-0.2, 0) is 23.6 Å². The van der Waals surface area contributed by atoms with E-state index < -0.39 is 15.9 Å². The lowest BCUT2D eigenvalue weighted by Crippen LogP contribution is -2.30. The SMILES string of the molecule is CCN(Cc1ccccc1)S(=O)(=O)c1ccc(C(=O)N=c2sc3cc(C)cc(C)c3n2C)cc1. The second kappa shape index (κ2) is 9.66. The summed E-state index contributed by atoms with van der Waals surface area (Å²) in [5, 5.41) is 0.